The number of halogens is 1. The van der Waals surface area contributed by atoms with Crippen molar-refractivity contribution in [2.75, 3.05) is 18.6 Å². The fraction of sp³-hybridized carbons (Fsp3) is 0.211. The second-order valence-corrected chi connectivity index (χ2v) is 6.01. The lowest BCUT2D eigenvalue weighted by Gasteiger charge is -2.16. The molecular weight excluding hydrogens is 337 g/mol. The Morgan fingerprint density at radius 1 is 1.19 bits per heavy atom. The van der Waals surface area contributed by atoms with Crippen LogP contribution in [0.2, 0.25) is 0 Å². The molecule has 6 nitrogen and oxygen atoms in total. The number of aromatic nitrogens is 2. The van der Waals surface area contributed by atoms with E-state index in [1.165, 1.54) is 11.0 Å². The zero-order valence-electron chi connectivity index (χ0n) is 14.1. The molecule has 1 aliphatic rings. The Kier molecular flexibility index (Phi) is 4.12. The van der Waals surface area contributed by atoms with Crippen LogP contribution in [-0.4, -0.2) is 29.7 Å². The molecule has 4 rings (SSSR count). The fourth-order valence-electron chi connectivity index (χ4n) is 3.12. The average molecular weight is 353 g/mol. The first-order valence-corrected chi connectivity index (χ1v) is 8.19. The standard InChI is InChI=1S/C19H16FN3O3/c1-25-16-9-5-2-6-13(16)19-21-18(22-26-19)12-10-17(24)23(11-12)15-8-4-3-7-14(15)20/h2-9,12H,10-11H2,1H3. The molecule has 26 heavy (non-hydrogen) atoms. The first-order valence-electron chi connectivity index (χ1n) is 8.19. The van der Waals surface area contributed by atoms with Gasteiger partial charge in [-0.25, -0.2) is 4.39 Å². The topological polar surface area (TPSA) is 68.5 Å². The molecule has 1 saturated heterocycles. The monoisotopic (exact) mass is 353 g/mol. The second-order valence-electron chi connectivity index (χ2n) is 6.01. The van der Waals surface area contributed by atoms with Gasteiger partial charge in [-0.1, -0.05) is 29.4 Å². The van der Waals surface area contributed by atoms with Crippen molar-refractivity contribution < 1.29 is 18.4 Å². The van der Waals surface area contributed by atoms with Crippen LogP contribution >= 0.6 is 0 Å². The fourth-order valence-corrected chi connectivity index (χ4v) is 3.12. The second kappa shape index (κ2) is 6.59. The first kappa shape index (κ1) is 16.3. The van der Waals surface area contributed by atoms with Crippen LogP contribution in [0.4, 0.5) is 10.1 Å². The summed E-state index contributed by atoms with van der Waals surface area (Å²) in [5.41, 5.74) is 0.956. The number of ether oxygens (including phenoxy) is 1. The summed E-state index contributed by atoms with van der Waals surface area (Å²) in [4.78, 5) is 18.2. The predicted octanol–water partition coefficient (Wildman–Crippen LogP) is 3.40. The number of para-hydroxylation sites is 2. The van der Waals surface area contributed by atoms with E-state index in [1.807, 2.05) is 18.2 Å². The molecule has 3 aromatic rings. The van der Waals surface area contributed by atoms with Crippen molar-refractivity contribution in [1.82, 2.24) is 10.1 Å². The van der Waals surface area contributed by atoms with Gasteiger partial charge in [0.2, 0.25) is 5.91 Å². The van der Waals surface area contributed by atoms with Gasteiger partial charge >= 0.3 is 0 Å². The van der Waals surface area contributed by atoms with Gasteiger partial charge in [0.15, 0.2) is 5.82 Å². The molecule has 0 spiro atoms. The summed E-state index contributed by atoms with van der Waals surface area (Å²) in [7, 11) is 1.57. The molecule has 0 aliphatic carbocycles. The summed E-state index contributed by atoms with van der Waals surface area (Å²) < 4.78 is 24.7. The van der Waals surface area contributed by atoms with Gasteiger partial charge < -0.3 is 14.2 Å². The molecule has 0 radical (unpaired) electrons. The number of amides is 1. The van der Waals surface area contributed by atoms with Gasteiger partial charge in [-0.15, -0.1) is 0 Å². The predicted molar refractivity (Wildman–Crippen MR) is 92.4 cm³/mol. The van der Waals surface area contributed by atoms with Crippen LogP contribution in [0.25, 0.3) is 11.5 Å². The van der Waals surface area contributed by atoms with Crippen molar-refractivity contribution in [3.05, 3.63) is 60.2 Å². The minimum Gasteiger partial charge on any atom is -0.496 e. The Labute approximate surface area is 149 Å². The summed E-state index contributed by atoms with van der Waals surface area (Å²) in [5.74, 6) is 0.535. The van der Waals surface area contributed by atoms with Crippen molar-refractivity contribution in [3.8, 4) is 17.2 Å². The van der Waals surface area contributed by atoms with Crippen LogP contribution in [0.3, 0.4) is 0 Å². The van der Waals surface area contributed by atoms with Crippen LogP contribution in [0, 0.1) is 5.82 Å². The summed E-state index contributed by atoms with van der Waals surface area (Å²) in [6, 6.07) is 13.5. The van der Waals surface area contributed by atoms with E-state index in [4.69, 9.17) is 9.26 Å². The first-order chi connectivity index (χ1) is 12.7. The summed E-state index contributed by atoms with van der Waals surface area (Å²) in [5, 5.41) is 4.02. The zero-order chi connectivity index (χ0) is 18.1. The van der Waals surface area contributed by atoms with Gasteiger partial charge in [-0.3, -0.25) is 4.79 Å². The van der Waals surface area contributed by atoms with Gasteiger partial charge in [0.05, 0.1) is 18.4 Å². The molecule has 1 unspecified atom stereocenters. The molecule has 132 valence electrons. The summed E-state index contributed by atoms with van der Waals surface area (Å²) >= 11 is 0. The number of anilines is 1. The van der Waals surface area contributed by atoms with E-state index in [2.05, 4.69) is 10.1 Å². The SMILES string of the molecule is COc1ccccc1-c1nc(C2CC(=O)N(c3ccccc3F)C2)no1. The van der Waals surface area contributed by atoms with E-state index in [9.17, 15) is 9.18 Å². The third kappa shape index (κ3) is 2.81. The molecule has 1 atom stereocenters. The lowest BCUT2D eigenvalue weighted by Crippen LogP contribution is -2.25. The zero-order valence-corrected chi connectivity index (χ0v) is 14.1. The number of benzene rings is 2. The van der Waals surface area contributed by atoms with Crippen LogP contribution in [-0.2, 0) is 4.79 Å². The van der Waals surface area contributed by atoms with E-state index in [0.717, 1.165) is 0 Å². The van der Waals surface area contributed by atoms with Gasteiger partial charge in [-0.2, -0.15) is 4.98 Å². The Hall–Kier alpha value is -3.22. The van der Waals surface area contributed by atoms with E-state index in [1.54, 1.807) is 31.4 Å². The molecule has 1 aliphatic heterocycles. The maximum Gasteiger partial charge on any atom is 0.261 e. The Morgan fingerprint density at radius 3 is 2.77 bits per heavy atom. The highest BCUT2D eigenvalue weighted by atomic mass is 19.1. The normalized spacial score (nSPS) is 16.9. The molecule has 0 bridgehead atoms. The number of carbonyl (C=O) groups excluding carboxylic acids is 1. The highest BCUT2D eigenvalue weighted by molar-refractivity contribution is 5.96. The molecule has 1 fully saturated rings. The molecule has 0 N–H and O–H groups in total. The van der Waals surface area contributed by atoms with Crippen molar-refractivity contribution >= 4 is 11.6 Å². The van der Waals surface area contributed by atoms with E-state index < -0.39 is 5.82 Å². The molecule has 7 heteroatoms. The molecule has 2 heterocycles. The van der Waals surface area contributed by atoms with E-state index in [0.29, 0.717) is 29.6 Å². The third-order valence-corrected chi connectivity index (χ3v) is 4.41. The molecule has 0 saturated carbocycles. The number of rotatable bonds is 4. The van der Waals surface area contributed by atoms with Crippen LogP contribution in [0.5, 0.6) is 5.75 Å². The lowest BCUT2D eigenvalue weighted by atomic mass is 10.1. The molecule has 1 amide bonds. The van der Waals surface area contributed by atoms with Gasteiger partial charge in [0.25, 0.3) is 5.89 Å². The number of hydrogen-bond donors (Lipinski definition) is 0. The minimum atomic E-state index is -0.427. The van der Waals surface area contributed by atoms with Crippen molar-refractivity contribution in [1.29, 1.82) is 0 Å². The Balaban J connectivity index is 1.59. The van der Waals surface area contributed by atoms with Gasteiger partial charge in [-0.05, 0) is 24.3 Å². The number of methoxy groups -OCH3 is 1. The summed E-state index contributed by atoms with van der Waals surface area (Å²) in [6.45, 7) is 0.310. The lowest BCUT2D eigenvalue weighted by molar-refractivity contribution is -0.117. The molecule has 2 aromatic carbocycles. The van der Waals surface area contributed by atoms with Crippen LogP contribution in [0.1, 0.15) is 18.2 Å². The maximum atomic E-state index is 14.0. The largest absolute Gasteiger partial charge is 0.496 e. The highest BCUT2D eigenvalue weighted by Crippen LogP contribution is 2.34. The highest BCUT2D eigenvalue weighted by Gasteiger charge is 2.35. The number of carbonyl (C=O) groups is 1. The van der Waals surface area contributed by atoms with Crippen molar-refractivity contribution in [2.24, 2.45) is 0 Å². The van der Waals surface area contributed by atoms with Gasteiger partial charge in [0.1, 0.15) is 11.6 Å². The Bertz CT molecular complexity index is 956. The van der Waals surface area contributed by atoms with Crippen LogP contribution < -0.4 is 9.64 Å². The molecular formula is C19H16FN3O3. The number of hydrogen-bond acceptors (Lipinski definition) is 5. The number of nitrogens with zero attached hydrogens (tertiary/aromatic N) is 3. The van der Waals surface area contributed by atoms with Crippen molar-refractivity contribution in [2.45, 2.75) is 12.3 Å². The van der Waals surface area contributed by atoms with Crippen LogP contribution in [0.15, 0.2) is 53.1 Å². The summed E-state index contributed by atoms with van der Waals surface area (Å²) in [6.07, 6.45) is 0.208. The molecule has 1 aromatic heterocycles. The van der Waals surface area contributed by atoms with Gasteiger partial charge in [0, 0.05) is 18.9 Å². The third-order valence-electron chi connectivity index (χ3n) is 4.41. The Morgan fingerprint density at radius 2 is 1.96 bits per heavy atom. The smallest absolute Gasteiger partial charge is 0.261 e. The average Bonchev–Trinajstić information content (AvgIpc) is 3.29. The quantitative estimate of drug-likeness (QED) is 0.719. The minimum absolute atomic E-state index is 0.163. The van der Waals surface area contributed by atoms with E-state index >= 15 is 0 Å². The maximum absolute atomic E-state index is 14.0. The van der Waals surface area contributed by atoms with E-state index in [-0.39, 0.29) is 23.9 Å². The van der Waals surface area contributed by atoms with Crippen molar-refractivity contribution in [3.63, 3.8) is 0 Å².